The zero-order chi connectivity index (χ0) is 32.7. The van der Waals surface area contributed by atoms with E-state index in [1.54, 1.807) is 100.0 Å². The number of benzene rings is 2. The van der Waals surface area contributed by atoms with E-state index in [4.69, 9.17) is 55.9 Å². The van der Waals surface area contributed by atoms with Gasteiger partial charge in [-0.05, 0) is 65.8 Å². The van der Waals surface area contributed by atoms with E-state index in [9.17, 15) is 9.59 Å². The number of halogens is 6. The Balaban J connectivity index is 0.000000846. The molecule has 0 amide bonds. The first-order valence-corrected chi connectivity index (χ1v) is 15.0. The molecule has 0 aliphatic rings. The molecule has 4 aromatic rings. The van der Waals surface area contributed by atoms with Crippen LogP contribution in [0.25, 0.3) is 0 Å². The van der Waals surface area contributed by atoms with Crippen LogP contribution in [0.3, 0.4) is 0 Å². The second-order valence-electron chi connectivity index (χ2n) is 11.9. The number of nitrogens with zero attached hydrogens (tertiary/aromatic N) is 6. The van der Waals surface area contributed by atoms with Crippen molar-refractivity contribution in [1.82, 2.24) is 29.5 Å². The summed E-state index contributed by atoms with van der Waals surface area (Å²) in [5.74, 6) is -0.632. The van der Waals surface area contributed by atoms with Gasteiger partial charge in [0.1, 0.15) is 37.5 Å². The van der Waals surface area contributed by atoms with Crippen molar-refractivity contribution >= 4 is 58.3 Å². The summed E-state index contributed by atoms with van der Waals surface area (Å²) in [7, 11) is 0. The second-order valence-corrected chi connectivity index (χ2v) is 13.5. The minimum atomic E-state index is -0.612. The van der Waals surface area contributed by atoms with E-state index < -0.39 is 23.0 Å². The molecule has 0 saturated heterocycles. The Kier molecular flexibility index (Phi) is 19.0. The van der Waals surface area contributed by atoms with E-state index in [-0.39, 0.29) is 56.2 Å². The first-order valence-electron chi connectivity index (χ1n) is 13.5. The fourth-order valence-corrected chi connectivity index (χ4v) is 4.59. The van der Waals surface area contributed by atoms with Gasteiger partial charge in [-0.1, -0.05) is 58.5 Å². The van der Waals surface area contributed by atoms with Gasteiger partial charge in [0.2, 0.25) is 0 Å². The van der Waals surface area contributed by atoms with Crippen molar-refractivity contribution in [2.45, 2.75) is 66.8 Å². The number of carbonyl (C=O) groups is 2. The Bertz CT molecular complexity index is 1430. The summed E-state index contributed by atoms with van der Waals surface area (Å²) in [6.07, 6.45) is 4.82. The number of aromatic nitrogens is 6. The molecule has 0 aliphatic heterocycles. The van der Waals surface area contributed by atoms with Gasteiger partial charge < -0.3 is 34.3 Å². The maximum atomic E-state index is 12.2. The van der Waals surface area contributed by atoms with Gasteiger partial charge in [0.25, 0.3) is 0 Å². The Morgan fingerprint density at radius 1 is 0.681 bits per heavy atom. The molecule has 0 radical (unpaired) electrons. The molecule has 2 heterocycles. The van der Waals surface area contributed by atoms with Crippen LogP contribution in [0.1, 0.15) is 64.9 Å². The average molecular weight is 821 g/mol. The molecule has 2 unspecified atom stereocenters. The summed E-state index contributed by atoms with van der Waals surface area (Å²) >= 11 is 24.3. The summed E-state index contributed by atoms with van der Waals surface area (Å²) in [6.45, 7) is 11.4. The summed E-state index contributed by atoms with van der Waals surface area (Å²) in [5, 5.41) is 10.0. The van der Waals surface area contributed by atoms with Gasteiger partial charge in [-0.15, -0.1) is 0 Å². The number of rotatable bonds is 8. The van der Waals surface area contributed by atoms with Crippen LogP contribution >= 0.6 is 46.4 Å². The van der Waals surface area contributed by atoms with Crippen LogP contribution in [0.5, 0.6) is 0 Å². The third kappa shape index (κ3) is 14.2. The molecular weight excluding hydrogens is 786 g/mol. The summed E-state index contributed by atoms with van der Waals surface area (Å²) in [4.78, 5) is 32.2. The third-order valence-electron chi connectivity index (χ3n) is 5.98. The van der Waals surface area contributed by atoms with Crippen LogP contribution in [0, 0.1) is 10.8 Å². The Morgan fingerprint density at radius 3 is 1.28 bits per heavy atom. The van der Waals surface area contributed by atoms with Gasteiger partial charge in [0, 0.05) is 31.2 Å². The van der Waals surface area contributed by atoms with E-state index in [0.717, 1.165) is 0 Å². The van der Waals surface area contributed by atoms with Crippen molar-refractivity contribution < 1.29 is 63.4 Å². The van der Waals surface area contributed by atoms with Crippen LogP contribution in [-0.4, -0.2) is 41.5 Å². The van der Waals surface area contributed by atoms with Gasteiger partial charge in [0.15, 0.2) is 0 Å². The first-order chi connectivity index (χ1) is 20.5. The normalized spacial score (nSPS) is 12.1. The molecule has 2 aromatic carbocycles. The largest absolute Gasteiger partial charge is 2.00 e. The first kappa shape index (κ1) is 45.0. The molecule has 47 heavy (non-hydrogen) atoms. The SMILES string of the molecule is CC(C)(C)C(=O)OC(Cn1cncn1)c1ccc(Cl)cc1Cl.CC(C)(C)C(=O)OC(Cn1cncn1)c1ccc(Cl)cc1Cl.[Cl-].[Cl-].[Zn+2]. The predicted molar refractivity (Wildman–Crippen MR) is 170 cm³/mol. The molecule has 4 rings (SSSR count). The molecule has 0 fully saturated rings. The average Bonchev–Trinajstić information content (AvgIpc) is 3.62. The smallest absolute Gasteiger partial charge is 1.00 e. The van der Waals surface area contributed by atoms with E-state index in [1.807, 2.05) is 0 Å². The fourth-order valence-electron chi connectivity index (χ4n) is 3.53. The van der Waals surface area contributed by atoms with Crippen LogP contribution < -0.4 is 24.8 Å². The van der Waals surface area contributed by atoms with Crippen molar-refractivity contribution in [2.75, 3.05) is 0 Å². The summed E-state index contributed by atoms with van der Waals surface area (Å²) < 4.78 is 14.5. The van der Waals surface area contributed by atoms with Crippen LogP contribution in [-0.2, 0) is 51.6 Å². The number of ether oxygens (including phenoxy) is 2. The van der Waals surface area contributed by atoms with Gasteiger partial charge in [0.05, 0.1) is 23.9 Å². The monoisotopic (exact) mass is 816 g/mol. The number of hydrogen-bond donors (Lipinski definition) is 0. The van der Waals surface area contributed by atoms with Gasteiger partial charge in [-0.25, -0.2) is 19.3 Å². The van der Waals surface area contributed by atoms with Gasteiger partial charge in [-0.3, -0.25) is 9.59 Å². The number of esters is 2. The minimum Gasteiger partial charge on any atom is -1.00 e. The van der Waals surface area contributed by atoms with Gasteiger partial charge >= 0.3 is 31.4 Å². The van der Waals surface area contributed by atoms with Crippen molar-refractivity contribution in [3.8, 4) is 0 Å². The van der Waals surface area contributed by atoms with E-state index >= 15 is 0 Å². The number of carbonyl (C=O) groups excluding carboxylic acids is 2. The maximum Gasteiger partial charge on any atom is 2.00 e. The van der Waals surface area contributed by atoms with E-state index in [0.29, 0.717) is 44.3 Å². The molecule has 0 N–H and O–H groups in total. The Morgan fingerprint density at radius 2 is 1.02 bits per heavy atom. The molecule has 2 aromatic heterocycles. The van der Waals surface area contributed by atoms with Crippen molar-refractivity contribution in [2.24, 2.45) is 10.8 Å². The molecule has 0 spiro atoms. The molecule has 0 aliphatic carbocycles. The molecule has 0 saturated carbocycles. The molecule has 2 atom stereocenters. The van der Waals surface area contributed by atoms with E-state index in [1.165, 1.54) is 12.7 Å². The second kappa shape index (κ2) is 19.9. The van der Waals surface area contributed by atoms with Crippen molar-refractivity contribution in [3.05, 3.63) is 92.9 Å². The standard InChI is InChI=1S/2C15H17Cl2N3O2.2ClH.Zn/c2*1-15(2,3)14(21)22-13(7-20-9-18-8-19-20)11-5-4-10(16)6-12(11)17;;;/h2*4-6,8-9,13H,7H2,1-3H3;2*1H;/q;;;;+2/p-2. The molecule has 252 valence electrons. The summed E-state index contributed by atoms with van der Waals surface area (Å²) in [6, 6.07) is 10.2. The number of hydrogen-bond acceptors (Lipinski definition) is 8. The third-order valence-corrected chi connectivity index (χ3v) is 7.11. The topological polar surface area (TPSA) is 114 Å². The van der Waals surface area contributed by atoms with Crippen molar-refractivity contribution in [3.63, 3.8) is 0 Å². The fraction of sp³-hybridized carbons (Fsp3) is 0.400. The Labute approximate surface area is 319 Å². The Hall–Kier alpha value is -1.98. The molecular formula is C30H34Cl6N6O4Zn. The predicted octanol–water partition coefficient (Wildman–Crippen LogP) is 1.84. The molecule has 10 nitrogen and oxygen atoms in total. The minimum absolute atomic E-state index is 0. The zero-order valence-corrected chi connectivity index (χ0v) is 34.1. The maximum absolute atomic E-state index is 12.2. The van der Waals surface area contributed by atoms with Crippen LogP contribution in [0.4, 0.5) is 0 Å². The van der Waals surface area contributed by atoms with E-state index in [2.05, 4.69) is 20.2 Å². The molecule has 17 heteroatoms. The van der Waals surface area contributed by atoms with Crippen LogP contribution in [0.2, 0.25) is 20.1 Å². The van der Waals surface area contributed by atoms with Crippen molar-refractivity contribution in [1.29, 1.82) is 0 Å². The quantitative estimate of drug-likeness (QED) is 0.196. The summed E-state index contributed by atoms with van der Waals surface area (Å²) in [5.41, 5.74) is 0.136. The molecule has 0 bridgehead atoms. The van der Waals surface area contributed by atoms with Crippen LogP contribution in [0.15, 0.2) is 61.7 Å². The van der Waals surface area contributed by atoms with Gasteiger partial charge in [-0.2, -0.15) is 10.2 Å². The zero-order valence-electron chi connectivity index (χ0n) is 26.6.